The van der Waals surface area contributed by atoms with Crippen LogP contribution >= 0.6 is 0 Å². The lowest BCUT2D eigenvalue weighted by atomic mass is 9.92. The van der Waals surface area contributed by atoms with Gasteiger partial charge in [-0.25, -0.2) is 0 Å². The molecular weight excluding hydrogens is 1200 g/mol. The zero-order chi connectivity index (χ0) is 70.1. The van der Waals surface area contributed by atoms with Crippen LogP contribution in [0.15, 0.2) is 0 Å². The lowest BCUT2D eigenvalue weighted by Gasteiger charge is -2.40. The molecule has 6 unspecified atom stereocenters. The summed E-state index contributed by atoms with van der Waals surface area (Å²) < 4.78 is 73.3. The Balaban J connectivity index is 0.0000108. The number of aliphatic hydroxyl groups is 9. The van der Waals surface area contributed by atoms with Crippen molar-refractivity contribution in [3.05, 3.63) is 0 Å². The molecule has 91 heavy (non-hydrogen) atoms. The van der Waals surface area contributed by atoms with Gasteiger partial charge in [0.05, 0.1) is 77.8 Å². The van der Waals surface area contributed by atoms with Gasteiger partial charge in [0.25, 0.3) is 0 Å². The quantitative estimate of drug-likeness (QED) is 0.0344. The van der Waals surface area contributed by atoms with Crippen LogP contribution in [0, 0.1) is 17.8 Å². The van der Waals surface area contributed by atoms with Gasteiger partial charge < -0.3 is 120 Å². The molecule has 536 valence electrons. The monoisotopic (exact) mass is 1320 g/mol. The molecule has 0 aromatic rings. The third-order valence-electron chi connectivity index (χ3n) is 16.2. The summed E-state index contributed by atoms with van der Waals surface area (Å²) in [6, 6.07) is 0. The summed E-state index contributed by atoms with van der Waals surface area (Å²) in [5.74, 6) is -2.88. The Labute approximate surface area is 542 Å². The fraction of sp³-hybridized carbons (Fsp3) is 0.919. The number of methoxy groups -OCH3 is 1. The van der Waals surface area contributed by atoms with Crippen molar-refractivity contribution in [2.75, 3.05) is 119 Å². The van der Waals surface area contributed by atoms with Crippen LogP contribution in [0.3, 0.4) is 0 Å². The van der Waals surface area contributed by atoms with Crippen LogP contribution in [0.25, 0.3) is 0 Å². The largest absolute Gasteiger partial charge is 0.394 e. The van der Waals surface area contributed by atoms with Gasteiger partial charge >= 0.3 is 0 Å². The van der Waals surface area contributed by atoms with E-state index in [9.17, 15) is 69.9 Å². The Morgan fingerprint density at radius 1 is 0.418 bits per heavy atom. The number of ether oxygens (including phenoxy) is 10. The van der Waals surface area contributed by atoms with Crippen molar-refractivity contribution in [2.45, 2.75) is 230 Å². The second kappa shape index (κ2) is 49.2. The fourth-order valence-electron chi connectivity index (χ4n) is 10.4. The number of hydrogen-bond acceptors (Lipinski definition) is 24. The summed E-state index contributed by atoms with van der Waals surface area (Å²) in [4.78, 5) is 65.1. The predicted molar refractivity (Wildman–Crippen MR) is 332 cm³/mol. The van der Waals surface area contributed by atoms with Crippen LogP contribution in [0.2, 0.25) is 0 Å². The summed E-state index contributed by atoms with van der Waals surface area (Å²) in [7, 11) is 2.82. The van der Waals surface area contributed by atoms with Gasteiger partial charge in [-0.05, 0) is 51.4 Å². The molecule has 0 bridgehead atoms. The van der Waals surface area contributed by atoms with Gasteiger partial charge in [-0.1, -0.05) is 66.7 Å². The summed E-state index contributed by atoms with van der Waals surface area (Å²) in [6.45, 7) is 6.28. The van der Waals surface area contributed by atoms with Gasteiger partial charge in [0.1, 0.15) is 42.2 Å². The van der Waals surface area contributed by atoms with Crippen molar-refractivity contribution in [3.63, 3.8) is 0 Å². The number of nitrogens with one attached hydrogen (secondary N) is 5. The van der Waals surface area contributed by atoms with E-state index in [1.54, 1.807) is 27.9 Å². The maximum atomic E-state index is 13.7. The molecule has 3 aliphatic heterocycles. The summed E-state index contributed by atoms with van der Waals surface area (Å²) in [5.41, 5.74) is -1.37. The van der Waals surface area contributed by atoms with Gasteiger partial charge in [-0.2, -0.15) is 0 Å². The molecule has 3 fully saturated rings. The second-order valence-corrected chi connectivity index (χ2v) is 23.9. The minimum absolute atomic E-state index is 0.00942. The van der Waals surface area contributed by atoms with E-state index < -0.39 is 123 Å². The molecule has 0 aromatic carbocycles. The van der Waals surface area contributed by atoms with Gasteiger partial charge in [0.15, 0.2) is 18.9 Å². The van der Waals surface area contributed by atoms with Gasteiger partial charge in [0, 0.05) is 114 Å². The Hall–Kier alpha value is -3.41. The van der Waals surface area contributed by atoms with Crippen LogP contribution in [0.4, 0.5) is 0 Å². The van der Waals surface area contributed by atoms with Crippen molar-refractivity contribution < 1.29 is 122 Å². The molecule has 3 aliphatic rings. The first-order chi connectivity index (χ1) is 45.3. The Morgan fingerprint density at radius 3 is 1.03 bits per heavy atom. The first-order valence-electron chi connectivity index (χ1n) is 34.6. The molecule has 3 heterocycles. The number of carbonyl (C=O) groups excluding carboxylic acids is 5. The number of amides is 5. The highest BCUT2D eigenvalue weighted by Gasteiger charge is 2.45. The Morgan fingerprint density at radius 2 is 0.714 bits per heavy atom. The molecule has 3 saturated heterocycles. The fourth-order valence-corrected chi connectivity index (χ4v) is 10.4. The Bertz CT molecular complexity index is 1780. The first kappa shape index (κ1) is 80.0. The minimum Gasteiger partial charge on any atom is -0.394 e. The number of hydrogen-bond donors (Lipinski definition) is 14. The normalized spacial score (nSPS) is 27.5. The van der Waals surface area contributed by atoms with Gasteiger partial charge in [-0.15, -0.1) is 0 Å². The average molecular weight is 1320 g/mol. The van der Waals surface area contributed by atoms with Gasteiger partial charge in [-0.3, -0.25) is 24.0 Å². The van der Waals surface area contributed by atoms with E-state index in [0.29, 0.717) is 97.6 Å². The molecule has 0 spiro atoms. The average Bonchev–Trinajstić information content (AvgIpc) is 1.19. The van der Waals surface area contributed by atoms with E-state index in [1.807, 2.05) is 0 Å². The van der Waals surface area contributed by atoms with Crippen molar-refractivity contribution in [1.29, 1.82) is 0 Å². The highest BCUT2D eigenvalue weighted by atomic mass is 16.7. The number of aliphatic hydroxyl groups excluding tert-OH is 9. The molecule has 29 nitrogen and oxygen atoms in total. The minimum atomic E-state index is -1.37. The SMILES string of the molecule is COCCCNC(=O)CCCC(=O)NC(COCCC(=O)NCCCCCCO[C@@H]1OC(CO)[C@H](O)[C@H](O)C1C)(COCCC(=O)NCCCCCCO[C@@H]1OC(CO)[C@H](O)[C@H](O)C1C)COCCC(=O)NCCCCCCO[C@@H]1OC(CO)[C@H](O)[C@H](O)C1C.[3H]C.[3H][3H]. The van der Waals surface area contributed by atoms with Crippen LogP contribution < -0.4 is 26.6 Å². The molecule has 0 aromatic heterocycles. The molecule has 0 saturated carbocycles. The molecule has 14 N–H and O–H groups in total. The maximum Gasteiger partial charge on any atom is 0.222 e. The van der Waals surface area contributed by atoms with E-state index in [2.05, 4.69) is 26.6 Å². The zero-order valence-electron chi connectivity index (χ0n) is 57.8. The van der Waals surface area contributed by atoms with Crippen LogP contribution in [-0.4, -0.2) is 274 Å². The maximum absolute atomic E-state index is 13.7. The Kier molecular flexibility index (Phi) is 43.2. The van der Waals surface area contributed by atoms with Crippen molar-refractivity contribution in [3.8, 4) is 0 Å². The summed E-state index contributed by atoms with van der Waals surface area (Å²) in [5, 5.41) is 104. The van der Waals surface area contributed by atoms with Crippen molar-refractivity contribution in [2.24, 2.45) is 17.8 Å². The van der Waals surface area contributed by atoms with Crippen molar-refractivity contribution in [1.82, 2.24) is 26.6 Å². The molecular formula is C62H119N5O24. The van der Waals surface area contributed by atoms with Gasteiger partial charge in [0.2, 0.25) is 29.5 Å². The van der Waals surface area contributed by atoms with E-state index in [4.69, 9.17) is 51.7 Å². The topological polar surface area (TPSA) is 420 Å². The lowest BCUT2D eigenvalue weighted by molar-refractivity contribution is -0.282. The number of unbranched alkanes of at least 4 members (excludes halogenated alkanes) is 9. The van der Waals surface area contributed by atoms with E-state index in [0.717, 1.165) is 38.5 Å². The molecule has 5 amide bonds. The number of rotatable bonds is 51. The predicted octanol–water partition coefficient (Wildman–Crippen LogP) is -0.429. The summed E-state index contributed by atoms with van der Waals surface area (Å²) in [6.07, 6.45) is -2.18. The van der Waals surface area contributed by atoms with Crippen LogP contribution in [-0.2, 0) is 71.3 Å². The van der Waals surface area contributed by atoms with Crippen molar-refractivity contribution >= 4 is 29.5 Å². The second-order valence-electron chi connectivity index (χ2n) is 23.9. The van der Waals surface area contributed by atoms with E-state index in [-0.39, 0.29) is 102 Å². The summed E-state index contributed by atoms with van der Waals surface area (Å²) >= 11 is 0. The van der Waals surface area contributed by atoms with E-state index in [1.165, 1.54) is 7.40 Å². The molecule has 0 aliphatic carbocycles. The highest BCUT2D eigenvalue weighted by molar-refractivity contribution is 5.79. The third-order valence-corrected chi connectivity index (χ3v) is 16.2. The molecule has 3 rings (SSSR count). The van der Waals surface area contributed by atoms with Crippen LogP contribution in [0.5, 0.6) is 0 Å². The standard InChI is InChI=1S/C61H113N5O24.CH4.H2/c1-41-52(75)55(78)44(35-67)88-58(41)85-29-14-8-5-11-24-62-48(71)21-32-82-38-61(66-51(74)20-17-19-47(70)65-27-18-28-81-4,39-83-33-22-49(72)63-25-12-6-9-15-30-86-59-42(2)53(76)56(79)45(36-68)89-59)40-84-34-23-50(73)64-26-13-7-10-16-31-87-60-43(3)54(77)57(80)46(37-69)90-60;;/h41-46,52-60,67-69,75-80H,5-40H2,1-4H3,(H,62,71)(H,63,72)(H,64,73)(H,65,70)(H,66,74);1H4;1H/t41?,42?,43?,44?,45?,46?,52-,53-,54-,55+,56+,57+,58-,59-,60-,61?;;/m1../s1/i;1T;1+2T. The van der Waals surface area contributed by atoms with Crippen LogP contribution in [0.1, 0.15) is 155 Å². The highest BCUT2D eigenvalue weighted by Crippen LogP contribution is 2.29. The first-order valence-corrected chi connectivity index (χ1v) is 32.6. The third kappa shape index (κ3) is 33.2. The van der Waals surface area contributed by atoms with E-state index >= 15 is 0 Å². The smallest absolute Gasteiger partial charge is 0.222 e. The lowest BCUT2D eigenvalue weighted by Crippen LogP contribution is -2.58. The molecule has 15 atom stereocenters. The molecule has 0 radical (unpaired) electrons. The molecule has 29 heteroatoms. The zero-order valence-corrected chi connectivity index (χ0v) is 54.8. The number of carbonyl (C=O) groups is 5.